The van der Waals surface area contributed by atoms with Crippen molar-refractivity contribution in [2.45, 2.75) is 71.1 Å². The Kier molecular flexibility index (Phi) is 10.8. The lowest BCUT2D eigenvalue weighted by molar-refractivity contribution is 0.398. The molecule has 0 bridgehead atoms. The quantitative estimate of drug-likeness (QED) is 0.270. The first-order chi connectivity index (χ1) is 11.3. The molecule has 0 heterocycles. The Bertz CT molecular complexity index is 475. The van der Waals surface area contributed by atoms with E-state index in [1.165, 1.54) is 51.0 Å². The summed E-state index contributed by atoms with van der Waals surface area (Å²) < 4.78 is 0. The highest BCUT2D eigenvalue weighted by Gasteiger charge is 2.04. The van der Waals surface area contributed by atoms with Crippen LogP contribution >= 0.6 is 0 Å². The Morgan fingerprint density at radius 2 is 1.52 bits per heavy atom. The van der Waals surface area contributed by atoms with Gasteiger partial charge in [0.1, 0.15) is 0 Å². The van der Waals surface area contributed by atoms with Gasteiger partial charge in [0.05, 0.1) is 0 Å². The molecule has 0 spiro atoms. The molecule has 1 rings (SSSR count). The lowest BCUT2D eigenvalue weighted by Crippen LogP contribution is -1.87. The van der Waals surface area contributed by atoms with Gasteiger partial charge in [-0.3, -0.25) is 0 Å². The Morgan fingerprint density at radius 1 is 0.826 bits per heavy atom. The number of hydrogen-bond acceptors (Lipinski definition) is 2. The van der Waals surface area contributed by atoms with Crippen LogP contribution in [0, 0.1) is 0 Å². The summed E-state index contributed by atoms with van der Waals surface area (Å²) in [6.07, 6.45) is 20.6. The number of allylic oxidation sites excluding steroid dienone is 4. The molecule has 1 aromatic carbocycles. The van der Waals surface area contributed by atoms with E-state index in [2.05, 4.69) is 31.2 Å². The van der Waals surface area contributed by atoms with Crippen molar-refractivity contribution in [3.8, 4) is 11.5 Å². The van der Waals surface area contributed by atoms with Gasteiger partial charge in [-0.2, -0.15) is 0 Å². The van der Waals surface area contributed by atoms with Crippen LogP contribution in [-0.4, -0.2) is 10.2 Å². The maximum Gasteiger partial charge on any atom is 0.160 e. The molecule has 0 aliphatic rings. The third-order valence-electron chi connectivity index (χ3n) is 3.98. The fraction of sp³-hybridized carbons (Fsp3) is 0.524. The van der Waals surface area contributed by atoms with Crippen molar-refractivity contribution >= 4 is 0 Å². The number of phenolic OH excluding ortho intramolecular Hbond substituents is 2. The zero-order valence-corrected chi connectivity index (χ0v) is 14.5. The maximum atomic E-state index is 9.73. The van der Waals surface area contributed by atoms with Gasteiger partial charge in [-0.25, -0.2) is 0 Å². The minimum atomic E-state index is -0.0150. The van der Waals surface area contributed by atoms with Crippen LogP contribution in [0.2, 0.25) is 0 Å². The van der Waals surface area contributed by atoms with Gasteiger partial charge in [0.15, 0.2) is 11.5 Å². The number of aromatic hydroxyl groups is 2. The van der Waals surface area contributed by atoms with Crippen molar-refractivity contribution in [3.05, 3.63) is 48.1 Å². The predicted molar refractivity (Wildman–Crippen MR) is 99.0 cm³/mol. The topological polar surface area (TPSA) is 40.5 Å². The average molecular weight is 316 g/mol. The molecule has 0 unspecified atom stereocenters. The summed E-state index contributed by atoms with van der Waals surface area (Å²) in [5, 5.41) is 19.2. The molecule has 0 aliphatic heterocycles. The summed E-state index contributed by atoms with van der Waals surface area (Å²) in [4.78, 5) is 0. The minimum Gasteiger partial charge on any atom is -0.504 e. The number of phenols is 2. The van der Waals surface area contributed by atoms with Crippen LogP contribution in [0.25, 0.3) is 0 Å². The van der Waals surface area contributed by atoms with Gasteiger partial charge in [-0.15, -0.1) is 0 Å². The molecule has 0 atom stereocenters. The van der Waals surface area contributed by atoms with E-state index in [0.717, 1.165) is 24.8 Å². The first kappa shape index (κ1) is 19.3. The van der Waals surface area contributed by atoms with Crippen LogP contribution in [0.3, 0.4) is 0 Å². The van der Waals surface area contributed by atoms with Crippen LogP contribution < -0.4 is 0 Å². The van der Waals surface area contributed by atoms with Crippen molar-refractivity contribution in [1.29, 1.82) is 0 Å². The number of para-hydroxylation sites is 1. The fourth-order valence-electron chi connectivity index (χ4n) is 2.56. The van der Waals surface area contributed by atoms with E-state index in [1.54, 1.807) is 6.07 Å². The van der Waals surface area contributed by atoms with Gasteiger partial charge in [-0.1, -0.05) is 69.0 Å². The highest BCUT2D eigenvalue weighted by atomic mass is 16.3. The molecule has 0 aromatic heterocycles. The Morgan fingerprint density at radius 3 is 2.30 bits per heavy atom. The molecule has 1 aromatic rings. The molecule has 0 fully saturated rings. The lowest BCUT2D eigenvalue weighted by Gasteiger charge is -2.05. The van der Waals surface area contributed by atoms with Crippen LogP contribution in [0.1, 0.15) is 70.3 Å². The number of benzene rings is 1. The van der Waals surface area contributed by atoms with E-state index in [1.807, 2.05) is 6.07 Å². The summed E-state index contributed by atoms with van der Waals surface area (Å²) in [7, 11) is 0. The molecule has 0 aliphatic carbocycles. The summed E-state index contributed by atoms with van der Waals surface area (Å²) in [5.74, 6) is 0.0319. The van der Waals surface area contributed by atoms with Crippen molar-refractivity contribution < 1.29 is 10.2 Å². The normalized spacial score (nSPS) is 11.7. The molecule has 2 heteroatoms. The van der Waals surface area contributed by atoms with Gasteiger partial charge >= 0.3 is 0 Å². The molecule has 0 saturated heterocycles. The lowest BCUT2D eigenvalue weighted by atomic mass is 10.0. The maximum absolute atomic E-state index is 9.73. The van der Waals surface area contributed by atoms with Crippen molar-refractivity contribution in [3.63, 3.8) is 0 Å². The first-order valence-electron chi connectivity index (χ1n) is 9.05. The zero-order valence-electron chi connectivity index (χ0n) is 14.5. The van der Waals surface area contributed by atoms with Crippen molar-refractivity contribution in [1.82, 2.24) is 0 Å². The van der Waals surface area contributed by atoms with E-state index in [4.69, 9.17) is 0 Å². The molecule has 0 amide bonds. The molecule has 0 saturated carbocycles. The number of aryl methyl sites for hydroxylation is 1. The molecular weight excluding hydrogens is 284 g/mol. The average Bonchev–Trinajstić information content (AvgIpc) is 2.55. The predicted octanol–water partition coefficient (Wildman–Crippen LogP) is 6.28. The van der Waals surface area contributed by atoms with Gasteiger partial charge < -0.3 is 10.2 Å². The molecule has 128 valence electrons. The van der Waals surface area contributed by atoms with Gasteiger partial charge in [0, 0.05) is 0 Å². The van der Waals surface area contributed by atoms with Crippen LogP contribution in [0.5, 0.6) is 11.5 Å². The van der Waals surface area contributed by atoms with Gasteiger partial charge in [0.25, 0.3) is 0 Å². The standard InChI is InChI=1S/C21H32O2/c1-2-3-4-5-6-7-8-9-10-11-12-13-14-16-19-17-15-18-20(22)21(19)23/h4-5,7-8,15,17-18,22-23H,2-3,6,9-14,16H2,1H3/b5-4-,8-7-. The van der Waals surface area contributed by atoms with Gasteiger partial charge in [-0.05, 0) is 50.2 Å². The van der Waals surface area contributed by atoms with E-state index >= 15 is 0 Å². The smallest absolute Gasteiger partial charge is 0.160 e. The second-order valence-corrected chi connectivity index (χ2v) is 6.06. The van der Waals surface area contributed by atoms with Crippen LogP contribution in [-0.2, 0) is 6.42 Å². The molecule has 2 nitrogen and oxygen atoms in total. The highest BCUT2D eigenvalue weighted by molar-refractivity contribution is 5.44. The molecule has 2 N–H and O–H groups in total. The minimum absolute atomic E-state index is 0.0150. The SMILES string of the molecule is CCC/C=C\C/C=C\CCCCCCCc1cccc(O)c1O. The fourth-order valence-corrected chi connectivity index (χ4v) is 2.56. The molecular formula is C21H32O2. The van der Waals surface area contributed by atoms with Crippen LogP contribution in [0.15, 0.2) is 42.5 Å². The second kappa shape index (κ2) is 12.8. The summed E-state index contributed by atoms with van der Waals surface area (Å²) in [6, 6.07) is 5.19. The molecule has 0 radical (unpaired) electrons. The Balaban J connectivity index is 1.97. The van der Waals surface area contributed by atoms with Crippen molar-refractivity contribution in [2.75, 3.05) is 0 Å². The number of rotatable bonds is 12. The first-order valence-corrected chi connectivity index (χ1v) is 9.05. The van der Waals surface area contributed by atoms with E-state index < -0.39 is 0 Å². The monoisotopic (exact) mass is 316 g/mol. The summed E-state index contributed by atoms with van der Waals surface area (Å²) in [5.41, 5.74) is 0.851. The zero-order chi connectivity index (χ0) is 16.8. The third kappa shape index (κ3) is 9.12. The largest absolute Gasteiger partial charge is 0.504 e. The van der Waals surface area contributed by atoms with Gasteiger partial charge in [0.2, 0.25) is 0 Å². The Labute approximate surface area is 141 Å². The second-order valence-electron chi connectivity index (χ2n) is 6.06. The summed E-state index contributed by atoms with van der Waals surface area (Å²) in [6.45, 7) is 2.20. The Hall–Kier alpha value is -1.70. The summed E-state index contributed by atoms with van der Waals surface area (Å²) >= 11 is 0. The van der Waals surface area contributed by atoms with E-state index in [0.29, 0.717) is 0 Å². The molecule has 23 heavy (non-hydrogen) atoms. The van der Waals surface area contributed by atoms with Crippen molar-refractivity contribution in [2.24, 2.45) is 0 Å². The number of hydrogen-bond donors (Lipinski definition) is 2. The van der Waals surface area contributed by atoms with Crippen LogP contribution in [0.4, 0.5) is 0 Å². The third-order valence-corrected chi connectivity index (χ3v) is 3.98. The number of unbranched alkanes of at least 4 members (excludes halogenated alkanes) is 6. The van der Waals surface area contributed by atoms with E-state index in [9.17, 15) is 10.2 Å². The van der Waals surface area contributed by atoms with E-state index in [-0.39, 0.29) is 11.5 Å². The highest BCUT2D eigenvalue weighted by Crippen LogP contribution is 2.29.